The zero-order valence-electron chi connectivity index (χ0n) is 17.8. The summed E-state index contributed by atoms with van der Waals surface area (Å²) >= 11 is 0. The van der Waals surface area contributed by atoms with E-state index in [-0.39, 0.29) is 42.1 Å². The second-order valence-electron chi connectivity index (χ2n) is 7.08. The number of carbonyl (C=O) groups is 1. The minimum Gasteiger partial charge on any atom is -0.473 e. The molecular formula is C21H19F5N4O3. The average molecular weight is 470 g/mol. The van der Waals surface area contributed by atoms with Gasteiger partial charge in [0.2, 0.25) is 17.7 Å². The summed E-state index contributed by atoms with van der Waals surface area (Å²) < 4.78 is 76.4. The van der Waals surface area contributed by atoms with E-state index in [4.69, 9.17) is 9.15 Å². The van der Waals surface area contributed by atoms with Gasteiger partial charge in [-0.3, -0.25) is 4.79 Å². The largest absolute Gasteiger partial charge is 0.473 e. The summed E-state index contributed by atoms with van der Waals surface area (Å²) in [4.78, 5) is 18.0. The molecule has 0 aliphatic heterocycles. The van der Waals surface area contributed by atoms with Gasteiger partial charge in [-0.25, -0.2) is 13.8 Å². The molecule has 0 bridgehead atoms. The Kier molecular flexibility index (Phi) is 6.94. The van der Waals surface area contributed by atoms with Crippen LogP contribution < -0.4 is 4.74 Å². The van der Waals surface area contributed by atoms with Crippen LogP contribution in [0.2, 0.25) is 0 Å². The van der Waals surface area contributed by atoms with Crippen molar-refractivity contribution in [3.63, 3.8) is 0 Å². The Morgan fingerprint density at radius 3 is 2.52 bits per heavy atom. The van der Waals surface area contributed by atoms with Crippen LogP contribution in [0, 0.1) is 18.6 Å². The van der Waals surface area contributed by atoms with E-state index in [1.54, 1.807) is 20.8 Å². The van der Waals surface area contributed by atoms with Gasteiger partial charge >= 0.3 is 6.18 Å². The number of hydrogen-bond acceptors (Lipinski definition) is 6. The number of benzene rings is 1. The van der Waals surface area contributed by atoms with E-state index in [0.29, 0.717) is 6.20 Å². The molecule has 12 heteroatoms. The molecule has 0 N–H and O–H groups in total. The van der Waals surface area contributed by atoms with Crippen molar-refractivity contribution in [2.45, 2.75) is 33.0 Å². The van der Waals surface area contributed by atoms with Gasteiger partial charge in [0.15, 0.2) is 5.82 Å². The van der Waals surface area contributed by atoms with Crippen molar-refractivity contribution < 1.29 is 35.9 Å². The molecule has 3 rings (SSSR count). The Hall–Kier alpha value is -3.57. The zero-order valence-corrected chi connectivity index (χ0v) is 17.8. The van der Waals surface area contributed by atoms with Crippen LogP contribution in [0.15, 0.2) is 34.9 Å². The quantitative estimate of drug-likeness (QED) is 0.467. The summed E-state index contributed by atoms with van der Waals surface area (Å²) in [6.45, 7) is 4.77. The van der Waals surface area contributed by atoms with Crippen LogP contribution in [0.5, 0.6) is 5.88 Å². The maximum Gasteiger partial charge on any atom is 0.417 e. The van der Waals surface area contributed by atoms with Gasteiger partial charge in [0, 0.05) is 19.7 Å². The topological polar surface area (TPSA) is 81.4 Å². The van der Waals surface area contributed by atoms with Gasteiger partial charge in [-0.15, -0.1) is 10.2 Å². The molecule has 0 aliphatic carbocycles. The van der Waals surface area contributed by atoms with E-state index in [1.165, 1.54) is 11.0 Å². The second-order valence-corrected chi connectivity index (χ2v) is 7.08. The minimum atomic E-state index is -4.74. The lowest BCUT2D eigenvalue weighted by Gasteiger charge is -2.28. The van der Waals surface area contributed by atoms with E-state index >= 15 is 0 Å². The first-order chi connectivity index (χ1) is 15.5. The van der Waals surface area contributed by atoms with Gasteiger partial charge in [0.1, 0.15) is 12.4 Å². The first-order valence-electron chi connectivity index (χ1n) is 9.77. The van der Waals surface area contributed by atoms with Gasteiger partial charge in [0.05, 0.1) is 22.7 Å². The van der Waals surface area contributed by atoms with Gasteiger partial charge in [0.25, 0.3) is 5.91 Å². The van der Waals surface area contributed by atoms with E-state index < -0.39 is 41.2 Å². The molecule has 1 amide bonds. The first kappa shape index (κ1) is 24.1. The Morgan fingerprint density at radius 2 is 1.94 bits per heavy atom. The van der Waals surface area contributed by atoms with E-state index in [1.807, 2.05) is 0 Å². The number of nitrogens with zero attached hydrogens (tertiary/aromatic N) is 4. The first-order valence-corrected chi connectivity index (χ1v) is 9.77. The fourth-order valence-electron chi connectivity index (χ4n) is 3.07. The molecule has 2 aromatic heterocycles. The summed E-state index contributed by atoms with van der Waals surface area (Å²) in [6, 6.07) is 3.12. The molecule has 2 heterocycles. The number of likely N-dealkylation sites (N-methyl/N-ethyl adjacent to an activating group) is 1. The number of aryl methyl sites for hydroxylation is 1. The van der Waals surface area contributed by atoms with E-state index in [2.05, 4.69) is 15.2 Å². The van der Waals surface area contributed by atoms with Crippen molar-refractivity contribution in [2.75, 3.05) is 13.2 Å². The zero-order chi connectivity index (χ0) is 24.3. The standard InChI is InChI=1S/C21H19F5N4O3/c1-4-30(11(2)10-32-19-17(23)7-13(9-27-19)21(24,25)26)20(31)15-6-5-14(22)8-16(15)18-29-28-12(3)33-18/h5-9,11H,4,10H2,1-3H3. The summed E-state index contributed by atoms with van der Waals surface area (Å²) in [5, 5.41) is 7.52. The third-order valence-corrected chi connectivity index (χ3v) is 4.70. The third kappa shape index (κ3) is 5.44. The number of pyridine rings is 1. The van der Waals surface area contributed by atoms with E-state index in [0.717, 1.165) is 12.1 Å². The van der Waals surface area contributed by atoms with E-state index in [9.17, 15) is 26.7 Å². The highest BCUT2D eigenvalue weighted by Crippen LogP contribution is 2.31. The molecule has 0 spiro atoms. The van der Waals surface area contributed by atoms with Gasteiger partial charge < -0.3 is 14.1 Å². The average Bonchev–Trinajstić information content (AvgIpc) is 3.18. The molecule has 1 unspecified atom stereocenters. The molecule has 3 aromatic rings. The predicted octanol–water partition coefficient (Wildman–Crippen LogP) is 4.67. The summed E-state index contributed by atoms with van der Waals surface area (Å²) in [7, 11) is 0. The molecular weight excluding hydrogens is 451 g/mol. The minimum absolute atomic E-state index is 0.0358. The van der Waals surface area contributed by atoms with Gasteiger partial charge in [-0.2, -0.15) is 13.2 Å². The van der Waals surface area contributed by atoms with Crippen molar-refractivity contribution in [3.05, 3.63) is 59.1 Å². The predicted molar refractivity (Wildman–Crippen MR) is 105 cm³/mol. The van der Waals surface area contributed by atoms with Crippen molar-refractivity contribution in [1.29, 1.82) is 0 Å². The monoisotopic (exact) mass is 470 g/mol. The third-order valence-electron chi connectivity index (χ3n) is 4.70. The van der Waals surface area contributed by atoms with Crippen LogP contribution in [0.3, 0.4) is 0 Å². The molecule has 0 radical (unpaired) electrons. The number of aromatic nitrogens is 3. The van der Waals surface area contributed by atoms with Crippen molar-refractivity contribution in [3.8, 4) is 17.3 Å². The lowest BCUT2D eigenvalue weighted by Crippen LogP contribution is -2.42. The number of rotatable bonds is 7. The number of amides is 1. The van der Waals surface area contributed by atoms with Crippen LogP contribution in [-0.4, -0.2) is 45.2 Å². The SMILES string of the molecule is CCN(C(=O)c1ccc(F)cc1-c1nnc(C)o1)C(C)COc1ncc(C(F)(F)F)cc1F. The molecule has 176 valence electrons. The van der Waals surface area contributed by atoms with Crippen molar-refractivity contribution in [2.24, 2.45) is 0 Å². The molecule has 0 fully saturated rings. The number of halogens is 5. The fraction of sp³-hybridized carbons (Fsp3) is 0.333. The number of ether oxygens (including phenoxy) is 1. The summed E-state index contributed by atoms with van der Waals surface area (Å²) in [5.41, 5.74) is -1.05. The normalized spacial score (nSPS) is 12.5. The van der Waals surface area contributed by atoms with Crippen LogP contribution >= 0.6 is 0 Å². The van der Waals surface area contributed by atoms with Gasteiger partial charge in [-0.1, -0.05) is 0 Å². The molecule has 0 saturated carbocycles. The highest BCUT2D eigenvalue weighted by molar-refractivity contribution is 6.00. The maximum absolute atomic E-state index is 14.0. The highest BCUT2D eigenvalue weighted by Gasteiger charge is 2.32. The maximum atomic E-state index is 14.0. The Morgan fingerprint density at radius 1 is 1.21 bits per heavy atom. The molecule has 1 aromatic carbocycles. The lowest BCUT2D eigenvalue weighted by atomic mass is 10.0. The highest BCUT2D eigenvalue weighted by atomic mass is 19.4. The van der Waals surface area contributed by atoms with Crippen LogP contribution in [-0.2, 0) is 6.18 Å². The smallest absolute Gasteiger partial charge is 0.417 e. The van der Waals surface area contributed by atoms with Gasteiger partial charge in [-0.05, 0) is 38.1 Å². The summed E-state index contributed by atoms with van der Waals surface area (Å²) in [6.07, 6.45) is -4.28. The Labute approximate surface area is 185 Å². The molecule has 1 atom stereocenters. The van der Waals surface area contributed by atoms with Crippen LogP contribution in [0.25, 0.3) is 11.5 Å². The van der Waals surface area contributed by atoms with Crippen molar-refractivity contribution in [1.82, 2.24) is 20.1 Å². The second kappa shape index (κ2) is 9.51. The van der Waals surface area contributed by atoms with Crippen molar-refractivity contribution >= 4 is 5.91 Å². The Balaban J connectivity index is 1.79. The number of carbonyl (C=O) groups excluding carboxylic acids is 1. The number of alkyl halides is 3. The fourth-order valence-corrected chi connectivity index (χ4v) is 3.07. The summed E-state index contributed by atoms with van der Waals surface area (Å²) in [5.74, 6) is -2.83. The molecule has 0 saturated heterocycles. The Bertz CT molecular complexity index is 1150. The molecule has 7 nitrogen and oxygen atoms in total. The number of hydrogen-bond donors (Lipinski definition) is 0. The lowest BCUT2D eigenvalue weighted by molar-refractivity contribution is -0.138. The molecule has 0 aliphatic rings. The van der Waals surface area contributed by atoms with Crippen LogP contribution in [0.4, 0.5) is 22.0 Å². The molecule has 33 heavy (non-hydrogen) atoms. The van der Waals surface area contributed by atoms with Crippen LogP contribution in [0.1, 0.15) is 35.7 Å².